The van der Waals surface area contributed by atoms with Gasteiger partial charge in [-0.3, -0.25) is 9.39 Å². The Kier molecular flexibility index (Phi) is 7.97. The highest BCUT2D eigenvalue weighted by molar-refractivity contribution is 14.0. The Balaban J connectivity index is 0.00000280. The van der Waals surface area contributed by atoms with Gasteiger partial charge in [0.15, 0.2) is 23.2 Å². The number of pyridine rings is 1. The fraction of sp³-hybridized carbons (Fsp3) is 0.316. The van der Waals surface area contributed by atoms with Crippen LogP contribution in [0.4, 0.5) is 4.39 Å². The van der Waals surface area contributed by atoms with Gasteiger partial charge in [-0.15, -0.1) is 34.2 Å². The summed E-state index contributed by atoms with van der Waals surface area (Å²) in [6, 6.07) is 10.8. The van der Waals surface area contributed by atoms with E-state index >= 15 is 0 Å². The molecule has 2 aromatic heterocycles. The molecule has 0 aliphatic heterocycles. The molecule has 0 saturated heterocycles. The molecule has 1 aromatic carbocycles. The van der Waals surface area contributed by atoms with Crippen LogP contribution in [0.15, 0.2) is 47.6 Å². The van der Waals surface area contributed by atoms with Gasteiger partial charge in [-0.05, 0) is 29.8 Å². The summed E-state index contributed by atoms with van der Waals surface area (Å²) in [4.78, 5) is 6.23. The van der Waals surface area contributed by atoms with E-state index in [9.17, 15) is 4.39 Å². The number of fused-ring (bicyclic) bond motifs is 1. The summed E-state index contributed by atoms with van der Waals surface area (Å²) in [6.07, 6.45) is 2.65. The second kappa shape index (κ2) is 10.2. The number of hydrogen-bond donors (Lipinski definition) is 1. The number of aromatic nitrogens is 3. The number of hydrogen-bond acceptors (Lipinski definition) is 4. The van der Waals surface area contributed by atoms with E-state index in [0.29, 0.717) is 19.5 Å². The van der Waals surface area contributed by atoms with E-state index in [4.69, 9.17) is 4.74 Å². The third kappa shape index (κ3) is 5.09. The number of benzene rings is 1. The third-order valence-electron chi connectivity index (χ3n) is 4.23. The molecule has 0 radical (unpaired) electrons. The van der Waals surface area contributed by atoms with Crippen LogP contribution in [0.2, 0.25) is 0 Å². The molecular weight excluding hydrogens is 474 g/mol. The molecule has 2 heterocycles. The highest BCUT2D eigenvalue weighted by Gasteiger charge is 2.10. The first-order chi connectivity index (χ1) is 13.1. The van der Waals surface area contributed by atoms with Gasteiger partial charge in [-0.2, -0.15) is 0 Å². The number of nitrogens with one attached hydrogen (secondary N) is 1. The molecule has 7 nitrogen and oxygen atoms in total. The molecule has 0 saturated carbocycles. The molecular formula is C19H24FIN6O. The van der Waals surface area contributed by atoms with E-state index in [2.05, 4.69) is 20.5 Å². The molecule has 9 heteroatoms. The fourth-order valence-electron chi connectivity index (χ4n) is 2.89. The molecule has 150 valence electrons. The van der Waals surface area contributed by atoms with Gasteiger partial charge in [-0.1, -0.05) is 12.1 Å². The van der Waals surface area contributed by atoms with Crippen LogP contribution in [-0.2, 0) is 13.0 Å². The maximum atomic E-state index is 13.9. The van der Waals surface area contributed by atoms with E-state index in [1.54, 1.807) is 13.1 Å². The van der Waals surface area contributed by atoms with Gasteiger partial charge >= 0.3 is 0 Å². The number of guanidine groups is 1. The van der Waals surface area contributed by atoms with Gasteiger partial charge in [0, 0.05) is 39.8 Å². The zero-order chi connectivity index (χ0) is 19.2. The highest BCUT2D eigenvalue weighted by atomic mass is 127. The van der Waals surface area contributed by atoms with Crippen molar-refractivity contribution >= 4 is 35.6 Å². The highest BCUT2D eigenvalue weighted by Crippen LogP contribution is 2.18. The summed E-state index contributed by atoms with van der Waals surface area (Å²) in [5, 5.41) is 11.7. The van der Waals surface area contributed by atoms with Gasteiger partial charge in [0.25, 0.3) is 0 Å². The molecule has 1 N–H and O–H groups in total. The fourth-order valence-corrected chi connectivity index (χ4v) is 2.89. The summed E-state index contributed by atoms with van der Waals surface area (Å²) in [5.41, 5.74) is 1.66. The molecule has 0 bridgehead atoms. The van der Waals surface area contributed by atoms with Gasteiger partial charge in [0.1, 0.15) is 5.82 Å². The summed E-state index contributed by atoms with van der Waals surface area (Å²) in [7, 11) is 5.08. The number of halogens is 2. The minimum atomic E-state index is -0.370. The zero-order valence-corrected chi connectivity index (χ0v) is 18.4. The number of methoxy groups -OCH3 is 1. The number of nitrogens with zero attached hydrogens (tertiary/aromatic N) is 5. The number of rotatable bonds is 6. The minimum absolute atomic E-state index is 0. The second-order valence-electron chi connectivity index (χ2n) is 6.09. The van der Waals surface area contributed by atoms with Crippen LogP contribution < -0.4 is 10.1 Å². The van der Waals surface area contributed by atoms with Crippen LogP contribution in [-0.4, -0.2) is 53.2 Å². The lowest BCUT2D eigenvalue weighted by Gasteiger charge is -2.22. The second-order valence-corrected chi connectivity index (χ2v) is 6.09. The average molecular weight is 498 g/mol. The van der Waals surface area contributed by atoms with E-state index in [1.807, 2.05) is 46.8 Å². The Morgan fingerprint density at radius 3 is 2.82 bits per heavy atom. The van der Waals surface area contributed by atoms with Crippen molar-refractivity contribution in [3.05, 3.63) is 59.8 Å². The van der Waals surface area contributed by atoms with Crippen LogP contribution in [0.25, 0.3) is 5.65 Å². The molecule has 0 aliphatic carbocycles. The monoisotopic (exact) mass is 498 g/mol. The first kappa shape index (κ1) is 21.9. The summed E-state index contributed by atoms with van der Waals surface area (Å²) in [5.74, 6) is 1.47. The van der Waals surface area contributed by atoms with Crippen molar-refractivity contribution in [3.8, 4) is 5.75 Å². The van der Waals surface area contributed by atoms with Crippen molar-refractivity contribution in [1.29, 1.82) is 0 Å². The van der Waals surface area contributed by atoms with Crippen molar-refractivity contribution in [3.63, 3.8) is 0 Å². The van der Waals surface area contributed by atoms with Crippen LogP contribution in [0, 0.1) is 5.82 Å². The van der Waals surface area contributed by atoms with E-state index in [1.165, 1.54) is 13.2 Å². The Bertz CT molecular complexity index is 945. The smallest absolute Gasteiger partial charge is 0.193 e. The van der Waals surface area contributed by atoms with E-state index < -0.39 is 0 Å². The first-order valence-corrected chi connectivity index (χ1v) is 8.65. The Morgan fingerprint density at radius 1 is 1.29 bits per heavy atom. The zero-order valence-electron chi connectivity index (χ0n) is 16.1. The van der Waals surface area contributed by atoms with Crippen molar-refractivity contribution < 1.29 is 9.13 Å². The Hall–Kier alpha value is -2.43. The summed E-state index contributed by atoms with van der Waals surface area (Å²) < 4.78 is 20.8. The number of aliphatic imine (C=N–C) groups is 1. The maximum absolute atomic E-state index is 13.9. The Labute approximate surface area is 180 Å². The topological polar surface area (TPSA) is 67.0 Å². The van der Waals surface area contributed by atoms with Crippen molar-refractivity contribution in [2.24, 2.45) is 4.99 Å². The largest absolute Gasteiger partial charge is 0.494 e. The molecule has 0 spiro atoms. The van der Waals surface area contributed by atoms with Gasteiger partial charge in [-0.25, -0.2) is 4.39 Å². The molecule has 0 fully saturated rings. The molecule has 0 atom stereocenters. The van der Waals surface area contributed by atoms with Gasteiger partial charge < -0.3 is 15.0 Å². The molecule has 28 heavy (non-hydrogen) atoms. The molecule has 0 amide bonds. The quantitative estimate of drug-likeness (QED) is 0.322. The van der Waals surface area contributed by atoms with Gasteiger partial charge in [0.2, 0.25) is 0 Å². The standard InChI is InChI=1S/C19H23FN6O.HI/c1-21-19(25(2)13-14-7-8-16(27-3)15(20)12-14)22-10-9-18-24-23-17-6-4-5-11-26(17)18;/h4-8,11-12H,9-10,13H2,1-3H3,(H,21,22);1H. The van der Waals surface area contributed by atoms with Crippen LogP contribution >= 0.6 is 24.0 Å². The molecule has 0 aliphatic rings. The normalized spacial score (nSPS) is 11.2. The molecule has 0 unspecified atom stereocenters. The van der Waals surface area contributed by atoms with E-state index in [-0.39, 0.29) is 35.5 Å². The molecule has 3 aromatic rings. The third-order valence-corrected chi connectivity index (χ3v) is 4.23. The number of ether oxygens (including phenoxy) is 1. The van der Waals surface area contributed by atoms with Crippen molar-refractivity contribution in [1.82, 2.24) is 24.8 Å². The average Bonchev–Trinajstić information content (AvgIpc) is 3.08. The van der Waals surface area contributed by atoms with Crippen LogP contribution in [0.3, 0.4) is 0 Å². The first-order valence-electron chi connectivity index (χ1n) is 8.65. The van der Waals surface area contributed by atoms with Gasteiger partial charge in [0.05, 0.1) is 7.11 Å². The van der Waals surface area contributed by atoms with Crippen molar-refractivity contribution in [2.45, 2.75) is 13.0 Å². The van der Waals surface area contributed by atoms with Crippen LogP contribution in [0.1, 0.15) is 11.4 Å². The summed E-state index contributed by atoms with van der Waals surface area (Å²) >= 11 is 0. The van der Waals surface area contributed by atoms with Crippen molar-refractivity contribution in [2.75, 3.05) is 27.7 Å². The predicted octanol–water partition coefficient (Wildman–Crippen LogP) is 2.74. The minimum Gasteiger partial charge on any atom is -0.494 e. The lowest BCUT2D eigenvalue weighted by molar-refractivity contribution is 0.385. The lowest BCUT2D eigenvalue weighted by atomic mass is 10.2. The van der Waals surface area contributed by atoms with E-state index in [0.717, 1.165) is 23.0 Å². The van der Waals surface area contributed by atoms with Crippen LogP contribution in [0.5, 0.6) is 5.75 Å². The predicted molar refractivity (Wildman–Crippen MR) is 118 cm³/mol. The summed E-state index contributed by atoms with van der Waals surface area (Å²) in [6.45, 7) is 1.18. The Morgan fingerprint density at radius 2 is 2.11 bits per heavy atom. The molecule has 3 rings (SSSR count). The SMILES string of the molecule is CN=C(NCCc1nnc2ccccn12)N(C)Cc1ccc(OC)c(F)c1.I. The maximum Gasteiger partial charge on any atom is 0.193 e. The lowest BCUT2D eigenvalue weighted by Crippen LogP contribution is -2.39.